The van der Waals surface area contributed by atoms with Crippen molar-refractivity contribution in [1.29, 1.82) is 0 Å². The smallest absolute Gasteiger partial charge is 0.480 e. The number of halogens is 4. The molecule has 0 radical (unpaired) electrons. The fraction of sp³-hybridized carbons (Fsp3) is 0.364. The van der Waals surface area contributed by atoms with Gasteiger partial charge in [-0.3, -0.25) is 4.79 Å². The minimum absolute atomic E-state index is 0.0977. The van der Waals surface area contributed by atoms with E-state index in [0.717, 1.165) is 35.0 Å². The summed E-state index contributed by atoms with van der Waals surface area (Å²) >= 11 is 1.10. The minimum atomic E-state index is -4.80. The molecule has 0 fully saturated rings. The molecule has 0 saturated heterocycles. The van der Waals surface area contributed by atoms with E-state index in [2.05, 4.69) is 15.4 Å². The number of aliphatic carboxylic acids is 1. The third-order valence-corrected chi connectivity index (χ3v) is 6.54. The zero-order valence-corrected chi connectivity index (χ0v) is 18.5. The van der Waals surface area contributed by atoms with Crippen molar-refractivity contribution in [3.8, 4) is 5.75 Å². The molecule has 178 valence electrons. The molecule has 1 aliphatic carbocycles. The summed E-state index contributed by atoms with van der Waals surface area (Å²) < 4.78 is 54.1. The molecule has 0 bridgehead atoms. The van der Waals surface area contributed by atoms with Crippen molar-refractivity contribution in [2.45, 2.75) is 49.2 Å². The average Bonchev–Trinajstić information content (AvgIpc) is 2.69. The molecule has 2 amide bonds. The third kappa shape index (κ3) is 6.77. The number of carboxylic acids is 1. The van der Waals surface area contributed by atoms with E-state index in [-0.39, 0.29) is 12.1 Å². The maximum absolute atomic E-state index is 14.7. The first-order valence-electron chi connectivity index (χ1n) is 9.93. The van der Waals surface area contributed by atoms with Gasteiger partial charge in [0.05, 0.1) is 0 Å². The van der Waals surface area contributed by atoms with E-state index in [4.69, 9.17) is 0 Å². The van der Waals surface area contributed by atoms with Crippen molar-refractivity contribution in [2.75, 3.05) is 10.6 Å². The molecular weight excluding hydrogens is 464 g/mol. The van der Waals surface area contributed by atoms with Gasteiger partial charge in [-0.2, -0.15) is 0 Å². The summed E-state index contributed by atoms with van der Waals surface area (Å²) in [6.45, 7) is 3.09. The number of amides is 2. The summed E-state index contributed by atoms with van der Waals surface area (Å²) in [4.78, 5) is 23.6. The fourth-order valence-corrected chi connectivity index (χ4v) is 4.72. The Morgan fingerprint density at radius 2 is 1.61 bits per heavy atom. The molecule has 0 saturated carbocycles. The number of hydrogen-bond donors (Lipinski definition) is 3. The highest BCUT2D eigenvalue weighted by Gasteiger charge is 2.37. The predicted octanol–water partition coefficient (Wildman–Crippen LogP) is 5.63. The Hall–Kier alpha value is -2.95. The monoisotopic (exact) mass is 486 g/mol. The lowest BCUT2D eigenvalue weighted by molar-refractivity contribution is -0.274. The van der Waals surface area contributed by atoms with E-state index in [1.807, 2.05) is 0 Å². The second-order valence-electron chi connectivity index (χ2n) is 8.03. The van der Waals surface area contributed by atoms with Crippen LogP contribution >= 0.6 is 11.8 Å². The van der Waals surface area contributed by atoms with Gasteiger partial charge in [0.1, 0.15) is 16.7 Å². The Morgan fingerprint density at radius 1 is 1.00 bits per heavy atom. The van der Waals surface area contributed by atoms with Crippen LogP contribution in [0.25, 0.3) is 0 Å². The number of urea groups is 1. The molecule has 11 heteroatoms. The van der Waals surface area contributed by atoms with Gasteiger partial charge in [-0.1, -0.05) is 6.07 Å². The number of hydrogen-bond acceptors (Lipinski definition) is 4. The van der Waals surface area contributed by atoms with Gasteiger partial charge in [-0.05, 0) is 67.8 Å². The Morgan fingerprint density at radius 3 is 2.21 bits per heavy atom. The number of benzene rings is 2. The number of ether oxygens (including phenoxy) is 1. The summed E-state index contributed by atoms with van der Waals surface area (Å²) in [6.07, 6.45) is -5.57. The topological polar surface area (TPSA) is 87.7 Å². The first kappa shape index (κ1) is 24.7. The van der Waals surface area contributed by atoms with Crippen molar-refractivity contribution < 1.29 is 37.0 Å². The van der Waals surface area contributed by atoms with Gasteiger partial charge in [-0.25, -0.2) is 9.18 Å². The summed E-state index contributed by atoms with van der Waals surface area (Å²) in [7, 11) is 0. The summed E-state index contributed by atoms with van der Waals surface area (Å²) in [5, 5.41) is 13.9. The zero-order chi connectivity index (χ0) is 24.4. The fourth-order valence-electron chi connectivity index (χ4n) is 3.36. The molecular formula is C22H22F4N2O4S. The number of alkyl halides is 4. The van der Waals surface area contributed by atoms with Crippen LogP contribution in [0.3, 0.4) is 0 Å². The normalized spacial score (nSPS) is 18.2. The van der Waals surface area contributed by atoms with E-state index < -0.39 is 40.3 Å². The van der Waals surface area contributed by atoms with Crippen LogP contribution < -0.4 is 15.4 Å². The molecule has 2 aromatic carbocycles. The highest BCUT2D eigenvalue weighted by molar-refractivity contribution is 8.02. The van der Waals surface area contributed by atoms with Crippen LogP contribution in [0.1, 0.15) is 25.0 Å². The van der Waals surface area contributed by atoms with Gasteiger partial charge in [0.25, 0.3) is 0 Å². The molecule has 6 nitrogen and oxygen atoms in total. The quantitative estimate of drug-likeness (QED) is 0.461. The second kappa shape index (κ2) is 9.50. The second-order valence-corrected chi connectivity index (χ2v) is 9.89. The van der Waals surface area contributed by atoms with E-state index in [9.17, 15) is 32.3 Å². The first-order valence-corrected chi connectivity index (χ1v) is 10.8. The van der Waals surface area contributed by atoms with Crippen LogP contribution in [0.15, 0.2) is 42.5 Å². The standard InChI is InChI=1S/C22H22F4N2O4S/c1-21(2,19(29)30)33-18-11-12-3-4-15(9-13(12)10-17(18)23)28-20(31)27-14-5-7-16(8-6-14)32-22(24,25)26/h3-9,17-18H,10-11H2,1-2H3,(H,29,30)(H2,27,28,31). The van der Waals surface area contributed by atoms with Gasteiger partial charge in [0.15, 0.2) is 0 Å². The molecule has 0 aliphatic heterocycles. The number of nitrogens with one attached hydrogen (secondary N) is 2. The SMILES string of the molecule is CC(C)(SC1Cc2ccc(NC(=O)Nc3ccc(OC(F)(F)F)cc3)cc2CC1F)C(=O)O. The Kier molecular flexibility index (Phi) is 7.11. The van der Waals surface area contributed by atoms with E-state index in [1.165, 1.54) is 12.1 Å². The maximum Gasteiger partial charge on any atom is 0.573 e. The molecule has 0 heterocycles. The lowest BCUT2D eigenvalue weighted by atomic mass is 9.90. The number of thioether (sulfide) groups is 1. The number of rotatable bonds is 6. The highest BCUT2D eigenvalue weighted by Crippen LogP contribution is 2.38. The van der Waals surface area contributed by atoms with Crippen molar-refractivity contribution >= 4 is 35.1 Å². The molecule has 0 spiro atoms. The van der Waals surface area contributed by atoms with Crippen molar-refractivity contribution in [1.82, 2.24) is 0 Å². The van der Waals surface area contributed by atoms with E-state index in [0.29, 0.717) is 12.1 Å². The summed E-state index contributed by atoms with van der Waals surface area (Å²) in [6, 6.07) is 9.12. The number of fused-ring (bicyclic) bond motifs is 1. The van der Waals surface area contributed by atoms with Crippen LogP contribution in [0, 0.1) is 0 Å². The number of carboxylic acid groups (broad SMARTS) is 1. The lowest BCUT2D eigenvalue weighted by Gasteiger charge is -2.32. The largest absolute Gasteiger partial charge is 0.573 e. The maximum atomic E-state index is 14.7. The molecule has 1 aliphatic rings. The minimum Gasteiger partial charge on any atom is -0.480 e. The highest BCUT2D eigenvalue weighted by atomic mass is 32.2. The van der Waals surface area contributed by atoms with Gasteiger partial charge in [0.2, 0.25) is 0 Å². The van der Waals surface area contributed by atoms with E-state index in [1.54, 1.807) is 32.0 Å². The first-order chi connectivity index (χ1) is 15.3. The van der Waals surface area contributed by atoms with Gasteiger partial charge in [0, 0.05) is 23.0 Å². The Labute approximate surface area is 191 Å². The molecule has 3 N–H and O–H groups in total. The van der Waals surface area contributed by atoms with Crippen LogP contribution in [-0.4, -0.2) is 39.6 Å². The van der Waals surface area contributed by atoms with E-state index >= 15 is 0 Å². The van der Waals surface area contributed by atoms with Crippen molar-refractivity contribution in [2.24, 2.45) is 0 Å². The molecule has 2 unspecified atom stereocenters. The van der Waals surface area contributed by atoms with Crippen LogP contribution in [0.2, 0.25) is 0 Å². The Bertz CT molecular complexity index is 1030. The van der Waals surface area contributed by atoms with Crippen molar-refractivity contribution in [3.05, 3.63) is 53.6 Å². The van der Waals surface area contributed by atoms with Gasteiger partial charge >= 0.3 is 18.4 Å². The van der Waals surface area contributed by atoms with Crippen LogP contribution in [-0.2, 0) is 17.6 Å². The third-order valence-electron chi connectivity index (χ3n) is 5.01. The molecule has 2 aromatic rings. The number of anilines is 2. The summed E-state index contributed by atoms with van der Waals surface area (Å²) in [5.41, 5.74) is 2.28. The molecule has 2 atom stereocenters. The van der Waals surface area contributed by atoms with Gasteiger partial charge < -0.3 is 20.5 Å². The molecule has 3 rings (SSSR count). The average molecular weight is 486 g/mol. The van der Waals surface area contributed by atoms with Crippen molar-refractivity contribution in [3.63, 3.8) is 0 Å². The van der Waals surface area contributed by atoms with Crippen LogP contribution in [0.5, 0.6) is 5.75 Å². The molecule has 33 heavy (non-hydrogen) atoms. The van der Waals surface area contributed by atoms with Crippen LogP contribution in [0.4, 0.5) is 33.7 Å². The van der Waals surface area contributed by atoms with Gasteiger partial charge in [-0.15, -0.1) is 24.9 Å². The number of carbonyl (C=O) groups excluding carboxylic acids is 1. The lowest BCUT2D eigenvalue weighted by Crippen LogP contribution is -2.37. The predicted molar refractivity (Wildman–Crippen MR) is 118 cm³/mol. The zero-order valence-electron chi connectivity index (χ0n) is 17.7. The number of carbonyl (C=O) groups is 2. The molecule has 0 aromatic heterocycles. The Balaban J connectivity index is 1.61. The summed E-state index contributed by atoms with van der Waals surface area (Å²) in [5.74, 6) is -1.41.